The number of carbonyl (C=O) groups excluding carboxylic acids is 1. The standard InChI is InChI=1S/C20H21FN2O2/c21-20(11-10-17(24)18-15(20)8-4-12-22-18)19(25)23-16-9-3-6-13-5-1-2-7-14(13)16/h1-2,4-5,7-8,12,16-17,24H,3,6,9-11H2,(H,23,25)/t16-,17+,20+/m1/s1. The molecule has 0 aliphatic heterocycles. The van der Waals surface area contributed by atoms with Crippen LogP contribution in [0.1, 0.15) is 60.2 Å². The minimum Gasteiger partial charge on any atom is -0.387 e. The fraction of sp³-hybridized carbons (Fsp3) is 0.400. The van der Waals surface area contributed by atoms with Crippen LogP contribution in [-0.4, -0.2) is 16.0 Å². The van der Waals surface area contributed by atoms with Gasteiger partial charge in [0.1, 0.15) is 0 Å². The molecule has 1 heterocycles. The summed E-state index contributed by atoms with van der Waals surface area (Å²) in [5.41, 5.74) is 0.613. The molecule has 0 spiro atoms. The van der Waals surface area contributed by atoms with E-state index in [0.717, 1.165) is 24.8 Å². The number of fused-ring (bicyclic) bond motifs is 2. The van der Waals surface area contributed by atoms with E-state index in [1.807, 2.05) is 18.2 Å². The number of amides is 1. The highest BCUT2D eigenvalue weighted by molar-refractivity contribution is 5.87. The van der Waals surface area contributed by atoms with Crippen molar-refractivity contribution in [1.82, 2.24) is 10.3 Å². The lowest BCUT2D eigenvalue weighted by Crippen LogP contribution is -2.46. The van der Waals surface area contributed by atoms with E-state index in [9.17, 15) is 9.90 Å². The molecule has 2 aliphatic rings. The summed E-state index contributed by atoms with van der Waals surface area (Å²) in [5, 5.41) is 13.0. The van der Waals surface area contributed by atoms with E-state index in [1.165, 1.54) is 11.8 Å². The molecule has 4 nitrogen and oxygen atoms in total. The van der Waals surface area contributed by atoms with Crippen molar-refractivity contribution in [2.45, 2.75) is 49.9 Å². The van der Waals surface area contributed by atoms with Gasteiger partial charge >= 0.3 is 0 Å². The van der Waals surface area contributed by atoms with E-state index < -0.39 is 17.7 Å². The van der Waals surface area contributed by atoms with Crippen LogP contribution in [-0.2, 0) is 16.9 Å². The molecule has 0 saturated carbocycles. The Labute approximate surface area is 146 Å². The summed E-state index contributed by atoms with van der Waals surface area (Å²) in [6, 6.07) is 11.0. The van der Waals surface area contributed by atoms with Gasteiger partial charge in [-0.3, -0.25) is 9.78 Å². The van der Waals surface area contributed by atoms with Crippen molar-refractivity contribution in [2.75, 3.05) is 0 Å². The lowest BCUT2D eigenvalue weighted by atomic mass is 9.80. The van der Waals surface area contributed by atoms with Crippen molar-refractivity contribution in [3.05, 3.63) is 65.0 Å². The summed E-state index contributed by atoms with van der Waals surface area (Å²) >= 11 is 0. The molecule has 0 radical (unpaired) electrons. The second-order valence-electron chi connectivity index (χ2n) is 6.91. The van der Waals surface area contributed by atoms with Gasteiger partial charge < -0.3 is 10.4 Å². The molecule has 1 aromatic heterocycles. The summed E-state index contributed by atoms with van der Waals surface area (Å²) in [4.78, 5) is 17.0. The first kappa shape index (κ1) is 16.2. The van der Waals surface area contributed by atoms with Crippen LogP contribution in [0.2, 0.25) is 0 Å². The molecule has 25 heavy (non-hydrogen) atoms. The normalized spacial score (nSPS) is 27.9. The zero-order valence-corrected chi connectivity index (χ0v) is 13.9. The average Bonchev–Trinajstić information content (AvgIpc) is 2.65. The Balaban J connectivity index is 1.63. The molecule has 0 bridgehead atoms. The van der Waals surface area contributed by atoms with Crippen molar-refractivity contribution >= 4 is 5.91 Å². The first-order chi connectivity index (χ1) is 12.1. The Kier molecular flexibility index (Phi) is 4.04. The third kappa shape index (κ3) is 2.72. The minimum atomic E-state index is -2.14. The number of pyridine rings is 1. The van der Waals surface area contributed by atoms with Crippen LogP contribution in [0, 0.1) is 0 Å². The summed E-state index contributed by atoms with van der Waals surface area (Å²) in [5.74, 6) is -0.629. The van der Waals surface area contributed by atoms with Crippen LogP contribution < -0.4 is 5.32 Å². The number of aryl methyl sites for hydroxylation is 1. The fourth-order valence-electron chi connectivity index (χ4n) is 4.04. The molecule has 0 saturated heterocycles. The topological polar surface area (TPSA) is 62.2 Å². The minimum absolute atomic E-state index is 0.0347. The highest BCUT2D eigenvalue weighted by atomic mass is 19.1. The van der Waals surface area contributed by atoms with Gasteiger partial charge in [-0.25, -0.2) is 4.39 Å². The number of halogens is 1. The first-order valence-corrected chi connectivity index (χ1v) is 8.81. The van der Waals surface area contributed by atoms with Gasteiger partial charge in [-0.05, 0) is 49.3 Å². The summed E-state index contributed by atoms with van der Waals surface area (Å²) < 4.78 is 15.7. The van der Waals surface area contributed by atoms with Crippen LogP contribution in [0.15, 0.2) is 42.6 Å². The smallest absolute Gasteiger partial charge is 0.262 e. The molecule has 1 aromatic carbocycles. The van der Waals surface area contributed by atoms with E-state index in [-0.39, 0.29) is 30.1 Å². The number of aliphatic hydroxyl groups excluding tert-OH is 1. The van der Waals surface area contributed by atoms with Crippen LogP contribution >= 0.6 is 0 Å². The zero-order chi connectivity index (χ0) is 17.4. The molecule has 0 fully saturated rings. The van der Waals surface area contributed by atoms with Crippen molar-refractivity contribution < 1.29 is 14.3 Å². The van der Waals surface area contributed by atoms with Crippen LogP contribution in [0.25, 0.3) is 0 Å². The summed E-state index contributed by atoms with van der Waals surface area (Å²) in [6.07, 6.45) is 3.62. The lowest BCUT2D eigenvalue weighted by molar-refractivity contribution is -0.136. The molecule has 5 heteroatoms. The van der Waals surface area contributed by atoms with Crippen molar-refractivity contribution in [3.8, 4) is 0 Å². The van der Waals surface area contributed by atoms with Gasteiger partial charge in [-0.1, -0.05) is 30.3 Å². The van der Waals surface area contributed by atoms with Crippen molar-refractivity contribution in [2.24, 2.45) is 0 Å². The Morgan fingerprint density at radius 2 is 2.08 bits per heavy atom. The maximum atomic E-state index is 15.7. The SMILES string of the molecule is O=C(N[C@@H]1CCCc2ccccc21)[C@]1(F)CC[C@H](O)c2ncccc21. The monoisotopic (exact) mass is 340 g/mol. The third-order valence-electron chi connectivity index (χ3n) is 5.38. The predicted molar refractivity (Wildman–Crippen MR) is 91.5 cm³/mol. The number of carbonyl (C=O) groups is 1. The highest BCUT2D eigenvalue weighted by Crippen LogP contribution is 2.43. The van der Waals surface area contributed by atoms with Gasteiger partial charge in [0, 0.05) is 11.8 Å². The number of benzene rings is 1. The van der Waals surface area contributed by atoms with Gasteiger partial charge in [0.15, 0.2) is 0 Å². The van der Waals surface area contributed by atoms with Gasteiger partial charge in [-0.15, -0.1) is 0 Å². The van der Waals surface area contributed by atoms with Crippen molar-refractivity contribution in [3.63, 3.8) is 0 Å². The second-order valence-corrected chi connectivity index (χ2v) is 6.91. The van der Waals surface area contributed by atoms with Crippen LogP contribution in [0.5, 0.6) is 0 Å². The lowest BCUT2D eigenvalue weighted by Gasteiger charge is -2.35. The Morgan fingerprint density at radius 1 is 1.24 bits per heavy atom. The molecule has 4 rings (SSSR count). The maximum Gasteiger partial charge on any atom is 0.262 e. The van der Waals surface area contributed by atoms with Gasteiger partial charge in [0.25, 0.3) is 5.91 Å². The van der Waals surface area contributed by atoms with Gasteiger partial charge in [0.2, 0.25) is 5.67 Å². The Bertz CT molecular complexity index is 810. The maximum absolute atomic E-state index is 15.7. The number of nitrogens with zero attached hydrogens (tertiary/aromatic N) is 1. The molecular formula is C20H21FN2O2. The molecular weight excluding hydrogens is 319 g/mol. The predicted octanol–water partition coefficient (Wildman–Crippen LogP) is 3.27. The number of alkyl halides is 1. The first-order valence-electron chi connectivity index (χ1n) is 8.81. The molecule has 0 unspecified atom stereocenters. The van der Waals surface area contributed by atoms with E-state index in [2.05, 4.69) is 16.4 Å². The Morgan fingerprint density at radius 3 is 2.96 bits per heavy atom. The summed E-state index contributed by atoms with van der Waals surface area (Å²) in [7, 11) is 0. The average molecular weight is 340 g/mol. The fourth-order valence-corrected chi connectivity index (χ4v) is 4.04. The van der Waals surface area contributed by atoms with Gasteiger partial charge in [-0.2, -0.15) is 0 Å². The van der Waals surface area contributed by atoms with Crippen LogP contribution in [0.4, 0.5) is 4.39 Å². The van der Waals surface area contributed by atoms with E-state index in [1.54, 1.807) is 12.1 Å². The Hall–Kier alpha value is -2.27. The summed E-state index contributed by atoms with van der Waals surface area (Å²) in [6.45, 7) is 0. The molecule has 1 amide bonds. The molecule has 3 atom stereocenters. The van der Waals surface area contributed by atoms with E-state index in [0.29, 0.717) is 0 Å². The molecule has 130 valence electrons. The van der Waals surface area contributed by atoms with E-state index in [4.69, 9.17) is 0 Å². The van der Waals surface area contributed by atoms with Gasteiger partial charge in [0.05, 0.1) is 17.8 Å². The number of aliphatic hydroxyl groups is 1. The highest BCUT2D eigenvalue weighted by Gasteiger charge is 2.47. The zero-order valence-electron chi connectivity index (χ0n) is 13.9. The largest absolute Gasteiger partial charge is 0.387 e. The van der Waals surface area contributed by atoms with E-state index >= 15 is 4.39 Å². The third-order valence-corrected chi connectivity index (χ3v) is 5.38. The number of rotatable bonds is 2. The number of aromatic nitrogens is 1. The quantitative estimate of drug-likeness (QED) is 0.882. The van der Waals surface area contributed by atoms with Crippen LogP contribution in [0.3, 0.4) is 0 Å². The second kappa shape index (κ2) is 6.23. The molecule has 2 N–H and O–H groups in total. The molecule has 2 aromatic rings. The number of hydrogen-bond donors (Lipinski definition) is 2. The molecule has 2 aliphatic carbocycles. The number of hydrogen-bond acceptors (Lipinski definition) is 3. The van der Waals surface area contributed by atoms with Crippen molar-refractivity contribution in [1.29, 1.82) is 0 Å². The number of nitrogens with one attached hydrogen (secondary N) is 1.